The highest BCUT2D eigenvalue weighted by molar-refractivity contribution is 6.06. The van der Waals surface area contributed by atoms with Crippen LogP contribution in [-0.4, -0.2) is 27.2 Å². The topological polar surface area (TPSA) is 113 Å². The van der Waals surface area contributed by atoms with Crippen molar-refractivity contribution < 1.29 is 24.3 Å². The van der Waals surface area contributed by atoms with Gasteiger partial charge in [-0.15, -0.1) is 0 Å². The third-order valence-electron chi connectivity index (χ3n) is 2.75. The van der Waals surface area contributed by atoms with E-state index in [1.165, 1.54) is 18.2 Å². The number of amides is 1. The zero-order chi connectivity index (χ0) is 14.9. The van der Waals surface area contributed by atoms with Crippen molar-refractivity contribution >= 4 is 17.6 Å². The van der Waals surface area contributed by atoms with E-state index >= 15 is 0 Å². The number of hydrogen-bond acceptors (Lipinski definition) is 5. The molecule has 0 spiro atoms. The van der Waals surface area contributed by atoms with E-state index in [1.807, 2.05) is 0 Å². The number of carbonyl (C=O) groups is 2. The Hall–Kier alpha value is -2.83. The second-order valence-corrected chi connectivity index (χ2v) is 4.19. The molecule has 1 aromatic heterocycles. The number of phenols is 1. The van der Waals surface area contributed by atoms with Gasteiger partial charge >= 0.3 is 5.97 Å². The summed E-state index contributed by atoms with van der Waals surface area (Å²) in [6.07, 6.45) is 0. The van der Waals surface area contributed by atoms with Crippen LogP contribution in [0, 0.1) is 13.8 Å². The number of aromatic nitrogens is 1. The van der Waals surface area contributed by atoms with E-state index in [0.29, 0.717) is 17.0 Å². The quantitative estimate of drug-likeness (QED) is 0.789. The van der Waals surface area contributed by atoms with Crippen LogP contribution in [0.15, 0.2) is 22.7 Å². The smallest absolute Gasteiger partial charge is 0.339 e. The zero-order valence-corrected chi connectivity index (χ0v) is 10.8. The largest absolute Gasteiger partial charge is 0.507 e. The molecule has 1 heterocycles. The van der Waals surface area contributed by atoms with Crippen LogP contribution in [0.3, 0.4) is 0 Å². The van der Waals surface area contributed by atoms with Gasteiger partial charge in [0, 0.05) is 11.8 Å². The standard InChI is InChI=1S/C13H12N2O5/c1-6-11(7(2)20-15-6)12(17)14-8-3-4-9(13(18)19)10(16)5-8/h3-5,16H,1-2H3,(H,14,17)(H,18,19). The maximum atomic E-state index is 12.0. The number of nitrogens with one attached hydrogen (secondary N) is 1. The third kappa shape index (κ3) is 2.46. The highest BCUT2D eigenvalue weighted by Crippen LogP contribution is 2.23. The lowest BCUT2D eigenvalue weighted by Crippen LogP contribution is -2.13. The first-order valence-electron chi connectivity index (χ1n) is 5.70. The SMILES string of the molecule is Cc1noc(C)c1C(=O)Nc1ccc(C(=O)O)c(O)c1. The van der Waals surface area contributed by atoms with Gasteiger partial charge in [0.15, 0.2) is 0 Å². The third-order valence-corrected chi connectivity index (χ3v) is 2.75. The molecular weight excluding hydrogens is 264 g/mol. The maximum Gasteiger partial charge on any atom is 0.339 e. The van der Waals surface area contributed by atoms with Gasteiger partial charge in [0.2, 0.25) is 0 Å². The number of aryl methyl sites for hydroxylation is 2. The van der Waals surface area contributed by atoms with E-state index in [2.05, 4.69) is 10.5 Å². The van der Waals surface area contributed by atoms with Crippen molar-refractivity contribution in [3.63, 3.8) is 0 Å². The summed E-state index contributed by atoms with van der Waals surface area (Å²) < 4.78 is 4.89. The maximum absolute atomic E-state index is 12.0. The van der Waals surface area contributed by atoms with E-state index in [1.54, 1.807) is 13.8 Å². The fraction of sp³-hybridized carbons (Fsp3) is 0.154. The molecule has 0 radical (unpaired) electrons. The van der Waals surface area contributed by atoms with Crippen molar-refractivity contribution in [2.45, 2.75) is 13.8 Å². The highest BCUT2D eigenvalue weighted by atomic mass is 16.5. The molecule has 104 valence electrons. The van der Waals surface area contributed by atoms with Crippen molar-refractivity contribution in [1.29, 1.82) is 0 Å². The van der Waals surface area contributed by atoms with Gasteiger partial charge in [-0.25, -0.2) is 4.79 Å². The van der Waals surface area contributed by atoms with Gasteiger partial charge in [-0.2, -0.15) is 0 Å². The van der Waals surface area contributed by atoms with Crippen LogP contribution in [-0.2, 0) is 0 Å². The van der Waals surface area contributed by atoms with Crippen LogP contribution in [0.2, 0.25) is 0 Å². The summed E-state index contributed by atoms with van der Waals surface area (Å²) >= 11 is 0. The lowest BCUT2D eigenvalue weighted by molar-refractivity contribution is 0.0693. The van der Waals surface area contributed by atoms with Crippen LogP contribution < -0.4 is 5.32 Å². The molecule has 1 aromatic carbocycles. The fourth-order valence-corrected chi connectivity index (χ4v) is 1.79. The highest BCUT2D eigenvalue weighted by Gasteiger charge is 2.18. The number of aromatic carboxylic acids is 1. The molecule has 0 unspecified atom stereocenters. The molecule has 20 heavy (non-hydrogen) atoms. The van der Waals surface area contributed by atoms with Crippen molar-refractivity contribution in [2.75, 3.05) is 5.32 Å². The second kappa shape index (κ2) is 5.04. The number of nitrogens with zero attached hydrogens (tertiary/aromatic N) is 1. The Morgan fingerprint density at radius 3 is 2.50 bits per heavy atom. The van der Waals surface area contributed by atoms with E-state index < -0.39 is 17.6 Å². The first kappa shape index (κ1) is 13.6. The number of rotatable bonds is 3. The Bertz CT molecular complexity index is 671. The minimum Gasteiger partial charge on any atom is -0.507 e. The van der Waals surface area contributed by atoms with Gasteiger partial charge in [-0.1, -0.05) is 5.16 Å². The lowest BCUT2D eigenvalue weighted by Gasteiger charge is -2.06. The first-order valence-corrected chi connectivity index (χ1v) is 5.70. The molecule has 0 fully saturated rings. The molecule has 7 heteroatoms. The molecule has 7 nitrogen and oxygen atoms in total. The monoisotopic (exact) mass is 276 g/mol. The summed E-state index contributed by atoms with van der Waals surface area (Å²) in [6.45, 7) is 3.25. The molecule has 0 aliphatic rings. The molecule has 0 saturated heterocycles. The molecular formula is C13H12N2O5. The summed E-state index contributed by atoms with van der Waals surface area (Å²) in [5.41, 5.74) is 0.802. The Morgan fingerprint density at radius 2 is 2.00 bits per heavy atom. The van der Waals surface area contributed by atoms with Crippen molar-refractivity contribution in [3.05, 3.63) is 40.8 Å². The summed E-state index contributed by atoms with van der Waals surface area (Å²) in [7, 11) is 0. The summed E-state index contributed by atoms with van der Waals surface area (Å²) in [5.74, 6) is -1.73. The molecule has 3 N–H and O–H groups in total. The average molecular weight is 276 g/mol. The Kier molecular flexibility index (Phi) is 3.43. The molecule has 2 aromatic rings. The van der Waals surface area contributed by atoms with Crippen LogP contribution in [0.25, 0.3) is 0 Å². The Morgan fingerprint density at radius 1 is 1.30 bits per heavy atom. The van der Waals surface area contributed by atoms with Crippen LogP contribution in [0.1, 0.15) is 32.2 Å². The number of hydrogen-bond donors (Lipinski definition) is 3. The summed E-state index contributed by atoms with van der Waals surface area (Å²) in [4.78, 5) is 22.8. The number of carboxylic acid groups (broad SMARTS) is 1. The molecule has 0 atom stereocenters. The van der Waals surface area contributed by atoms with Crippen molar-refractivity contribution in [2.24, 2.45) is 0 Å². The van der Waals surface area contributed by atoms with Gasteiger partial charge in [-0.05, 0) is 26.0 Å². The van der Waals surface area contributed by atoms with Gasteiger partial charge in [0.25, 0.3) is 5.91 Å². The van der Waals surface area contributed by atoms with E-state index in [0.717, 1.165) is 0 Å². The number of anilines is 1. The Balaban J connectivity index is 2.25. The van der Waals surface area contributed by atoms with Gasteiger partial charge in [-0.3, -0.25) is 4.79 Å². The van der Waals surface area contributed by atoms with Crippen molar-refractivity contribution in [1.82, 2.24) is 5.16 Å². The summed E-state index contributed by atoms with van der Waals surface area (Å²) in [5, 5.41) is 24.6. The summed E-state index contributed by atoms with van der Waals surface area (Å²) in [6, 6.07) is 3.76. The number of benzene rings is 1. The van der Waals surface area contributed by atoms with Gasteiger partial charge in [0.1, 0.15) is 22.6 Å². The van der Waals surface area contributed by atoms with E-state index in [4.69, 9.17) is 9.63 Å². The molecule has 1 amide bonds. The van der Waals surface area contributed by atoms with E-state index in [9.17, 15) is 14.7 Å². The molecule has 0 aliphatic heterocycles. The molecule has 0 bridgehead atoms. The fourth-order valence-electron chi connectivity index (χ4n) is 1.79. The number of carboxylic acids is 1. The predicted molar refractivity (Wildman–Crippen MR) is 69.0 cm³/mol. The van der Waals surface area contributed by atoms with E-state index in [-0.39, 0.29) is 11.3 Å². The normalized spacial score (nSPS) is 10.3. The predicted octanol–water partition coefficient (Wildman–Crippen LogP) is 1.95. The lowest BCUT2D eigenvalue weighted by atomic mass is 10.1. The van der Waals surface area contributed by atoms with Crippen LogP contribution in [0.4, 0.5) is 5.69 Å². The second-order valence-electron chi connectivity index (χ2n) is 4.19. The molecule has 0 saturated carbocycles. The molecule has 2 rings (SSSR count). The average Bonchev–Trinajstić information content (AvgIpc) is 2.68. The van der Waals surface area contributed by atoms with Crippen LogP contribution >= 0.6 is 0 Å². The Labute approximate surface area is 113 Å². The molecule has 0 aliphatic carbocycles. The minimum absolute atomic E-state index is 0.236. The van der Waals surface area contributed by atoms with Gasteiger partial charge < -0.3 is 20.1 Å². The number of aromatic hydroxyl groups is 1. The van der Waals surface area contributed by atoms with Crippen LogP contribution in [0.5, 0.6) is 5.75 Å². The van der Waals surface area contributed by atoms with Gasteiger partial charge in [0.05, 0.1) is 5.69 Å². The zero-order valence-electron chi connectivity index (χ0n) is 10.8. The first-order chi connectivity index (χ1) is 9.40. The van der Waals surface area contributed by atoms with Crippen molar-refractivity contribution in [3.8, 4) is 5.75 Å². The minimum atomic E-state index is -1.24. The number of carbonyl (C=O) groups excluding carboxylic acids is 1.